The van der Waals surface area contributed by atoms with E-state index in [1.807, 2.05) is 36.4 Å². The number of nitrogens with one attached hydrogen (secondary N) is 1. The minimum absolute atomic E-state index is 0.00789. The van der Waals surface area contributed by atoms with E-state index in [0.29, 0.717) is 31.4 Å². The van der Waals surface area contributed by atoms with Crippen molar-refractivity contribution in [3.8, 4) is 16.9 Å². The summed E-state index contributed by atoms with van der Waals surface area (Å²) in [6, 6.07) is 22.0. The molecule has 0 aliphatic heterocycles. The van der Waals surface area contributed by atoms with Crippen LogP contribution in [-0.2, 0) is 9.53 Å². The fourth-order valence-electron chi connectivity index (χ4n) is 4.89. The second-order valence-electron chi connectivity index (χ2n) is 9.76. The number of alkyl carbamates (subject to hydrolysis) is 1. The first kappa shape index (κ1) is 27.9. The molecule has 0 spiro atoms. The number of rotatable bonds is 14. The lowest BCUT2D eigenvalue weighted by Gasteiger charge is -2.17. The van der Waals surface area contributed by atoms with Crippen LogP contribution in [-0.4, -0.2) is 42.2 Å². The second-order valence-corrected chi connectivity index (χ2v) is 9.76. The lowest BCUT2D eigenvalue weighted by atomic mass is 9.98. The van der Waals surface area contributed by atoms with E-state index in [0.717, 1.165) is 40.8 Å². The number of hydrogen-bond acceptors (Lipinski definition) is 5. The molecule has 1 aliphatic rings. The Labute approximate surface area is 229 Å². The van der Waals surface area contributed by atoms with Gasteiger partial charge in [-0.1, -0.05) is 68.3 Å². The quantitative estimate of drug-likeness (QED) is 0.180. The van der Waals surface area contributed by atoms with E-state index in [9.17, 15) is 19.5 Å². The molecule has 0 bridgehead atoms. The maximum absolute atomic E-state index is 12.5. The highest BCUT2D eigenvalue weighted by Gasteiger charge is 2.29. The fourth-order valence-corrected chi connectivity index (χ4v) is 4.89. The van der Waals surface area contributed by atoms with Crippen LogP contribution in [0, 0.1) is 0 Å². The summed E-state index contributed by atoms with van der Waals surface area (Å²) in [5.41, 5.74) is 5.02. The smallest absolute Gasteiger partial charge is 0.407 e. The van der Waals surface area contributed by atoms with Gasteiger partial charge in [-0.2, -0.15) is 0 Å². The third-order valence-electron chi connectivity index (χ3n) is 7.02. The predicted molar refractivity (Wildman–Crippen MR) is 149 cm³/mol. The number of hydrogen-bond donors (Lipinski definition) is 2. The molecule has 7 heteroatoms. The van der Waals surface area contributed by atoms with Crippen LogP contribution < -0.4 is 10.1 Å². The van der Waals surface area contributed by atoms with E-state index in [4.69, 9.17) is 9.47 Å². The Kier molecular flexibility index (Phi) is 9.73. The molecule has 7 nitrogen and oxygen atoms in total. The molecule has 4 rings (SSSR count). The Morgan fingerprint density at radius 3 is 2.13 bits per heavy atom. The summed E-state index contributed by atoms with van der Waals surface area (Å²) >= 11 is 0. The van der Waals surface area contributed by atoms with E-state index in [2.05, 4.69) is 24.4 Å². The molecule has 1 atom stereocenters. The van der Waals surface area contributed by atoms with E-state index in [1.165, 1.54) is 0 Å². The number of carboxylic acid groups (broad SMARTS) is 1. The molecule has 2 N–H and O–H groups in total. The number of ether oxygens (including phenoxy) is 2. The van der Waals surface area contributed by atoms with E-state index in [1.54, 1.807) is 24.3 Å². The monoisotopic (exact) mass is 529 g/mol. The molecule has 204 valence electrons. The first-order valence-corrected chi connectivity index (χ1v) is 13.6. The zero-order valence-electron chi connectivity index (χ0n) is 22.2. The van der Waals surface area contributed by atoms with E-state index < -0.39 is 18.1 Å². The number of benzene rings is 3. The summed E-state index contributed by atoms with van der Waals surface area (Å²) in [7, 11) is 0. The number of carbonyl (C=O) groups excluding carboxylic acids is 2. The average molecular weight is 530 g/mol. The van der Waals surface area contributed by atoms with Gasteiger partial charge in [-0.05, 0) is 65.8 Å². The average Bonchev–Trinajstić information content (AvgIpc) is 3.27. The van der Waals surface area contributed by atoms with Crippen molar-refractivity contribution in [2.24, 2.45) is 0 Å². The number of Topliss-reactive ketones (excluding diaryl/α,β-unsaturated/α-hetero) is 1. The predicted octanol–water partition coefficient (Wildman–Crippen LogP) is 6.60. The third-order valence-corrected chi connectivity index (χ3v) is 7.02. The number of unbranched alkanes of at least 4 members (excludes halogenated alkanes) is 2. The van der Waals surface area contributed by atoms with Gasteiger partial charge in [0.1, 0.15) is 18.4 Å². The van der Waals surface area contributed by atoms with Crippen LogP contribution in [0.5, 0.6) is 5.75 Å². The van der Waals surface area contributed by atoms with Crippen molar-refractivity contribution in [1.82, 2.24) is 5.32 Å². The molecule has 0 heterocycles. The number of aliphatic carboxylic acids is 1. The van der Waals surface area contributed by atoms with Crippen LogP contribution in [0.1, 0.15) is 72.9 Å². The maximum Gasteiger partial charge on any atom is 0.407 e. The molecule has 3 aromatic rings. The van der Waals surface area contributed by atoms with Crippen LogP contribution in [0.2, 0.25) is 0 Å². The summed E-state index contributed by atoms with van der Waals surface area (Å²) in [4.78, 5) is 36.8. The molecule has 39 heavy (non-hydrogen) atoms. The Bertz CT molecular complexity index is 1240. The fraction of sp³-hybridized carbons (Fsp3) is 0.344. The topological polar surface area (TPSA) is 102 Å². The minimum Gasteiger partial charge on any atom is -0.494 e. The van der Waals surface area contributed by atoms with Gasteiger partial charge in [0.25, 0.3) is 0 Å². The van der Waals surface area contributed by atoms with Gasteiger partial charge in [0.2, 0.25) is 0 Å². The van der Waals surface area contributed by atoms with Gasteiger partial charge < -0.3 is 19.9 Å². The van der Waals surface area contributed by atoms with Gasteiger partial charge in [0, 0.05) is 17.9 Å². The number of fused-ring (bicyclic) bond motifs is 3. The van der Waals surface area contributed by atoms with Crippen molar-refractivity contribution in [1.29, 1.82) is 0 Å². The summed E-state index contributed by atoms with van der Waals surface area (Å²) in [6.45, 7) is 2.86. The molecular formula is C32H35NO6. The Morgan fingerprint density at radius 1 is 0.872 bits per heavy atom. The zero-order valence-corrected chi connectivity index (χ0v) is 22.2. The van der Waals surface area contributed by atoms with Crippen molar-refractivity contribution < 1.29 is 29.0 Å². The lowest BCUT2D eigenvalue weighted by molar-refractivity contribution is -0.139. The number of carboxylic acids is 1. The molecule has 3 aromatic carbocycles. The van der Waals surface area contributed by atoms with Crippen LogP contribution in [0.3, 0.4) is 0 Å². The summed E-state index contributed by atoms with van der Waals surface area (Å²) in [5, 5.41) is 12.1. The number of ketones is 1. The molecule has 0 aromatic heterocycles. The van der Waals surface area contributed by atoms with Gasteiger partial charge in [0.05, 0.1) is 6.61 Å². The Balaban J connectivity index is 1.22. The number of amides is 1. The van der Waals surface area contributed by atoms with Crippen molar-refractivity contribution >= 4 is 17.8 Å². The zero-order chi connectivity index (χ0) is 27.6. The molecule has 0 saturated carbocycles. The molecule has 0 radical (unpaired) electrons. The summed E-state index contributed by atoms with van der Waals surface area (Å²) in [6.07, 6.45) is 2.77. The van der Waals surface area contributed by atoms with Crippen molar-refractivity contribution in [2.75, 3.05) is 13.2 Å². The largest absolute Gasteiger partial charge is 0.494 e. The van der Waals surface area contributed by atoms with Crippen LogP contribution >= 0.6 is 0 Å². The first-order valence-electron chi connectivity index (χ1n) is 13.6. The van der Waals surface area contributed by atoms with Crippen molar-refractivity contribution in [2.45, 2.75) is 57.4 Å². The van der Waals surface area contributed by atoms with Crippen LogP contribution in [0.15, 0.2) is 72.8 Å². The van der Waals surface area contributed by atoms with Gasteiger partial charge in [-0.3, -0.25) is 4.79 Å². The molecule has 0 fully saturated rings. The summed E-state index contributed by atoms with van der Waals surface area (Å²) in [5.74, 6) is -0.502. The SMILES string of the molecule is CCCCOc1ccc(C(=O)CCCC[C@H](NC(=O)OCC2c3ccccc3-c3ccccc32)C(=O)O)cc1. The maximum atomic E-state index is 12.5. The highest BCUT2D eigenvalue weighted by Crippen LogP contribution is 2.44. The van der Waals surface area contributed by atoms with Crippen LogP contribution in [0.25, 0.3) is 11.1 Å². The standard InChI is InChI=1S/C32H35NO6/c1-2-3-20-38-23-18-16-22(17-19-23)30(34)15-9-8-14-29(31(35)36)33-32(37)39-21-28-26-12-6-4-10-24(26)25-11-5-7-13-27(25)28/h4-7,10-13,16-19,28-29H,2-3,8-9,14-15,20-21H2,1H3,(H,33,37)(H,35,36)/t29-/m0/s1. The molecule has 0 unspecified atom stereocenters. The lowest BCUT2D eigenvalue weighted by Crippen LogP contribution is -2.41. The van der Waals surface area contributed by atoms with Crippen molar-refractivity contribution in [3.63, 3.8) is 0 Å². The van der Waals surface area contributed by atoms with Crippen LogP contribution in [0.4, 0.5) is 4.79 Å². The second kappa shape index (κ2) is 13.6. The van der Waals surface area contributed by atoms with Gasteiger partial charge >= 0.3 is 12.1 Å². The highest BCUT2D eigenvalue weighted by atomic mass is 16.5. The normalized spacial score (nSPS) is 12.7. The number of carbonyl (C=O) groups is 3. The first-order chi connectivity index (χ1) is 19.0. The van der Waals surface area contributed by atoms with Gasteiger partial charge in [-0.25, -0.2) is 9.59 Å². The summed E-state index contributed by atoms with van der Waals surface area (Å²) < 4.78 is 11.1. The molecular weight excluding hydrogens is 494 g/mol. The third kappa shape index (κ3) is 7.25. The van der Waals surface area contributed by atoms with Crippen molar-refractivity contribution in [3.05, 3.63) is 89.5 Å². The molecule has 1 aliphatic carbocycles. The van der Waals surface area contributed by atoms with E-state index >= 15 is 0 Å². The van der Waals surface area contributed by atoms with Gasteiger partial charge in [0.15, 0.2) is 5.78 Å². The molecule has 0 saturated heterocycles. The minimum atomic E-state index is -1.13. The van der Waals surface area contributed by atoms with E-state index in [-0.39, 0.29) is 24.7 Å². The Hall–Kier alpha value is -4.13. The highest BCUT2D eigenvalue weighted by molar-refractivity contribution is 5.96. The Morgan fingerprint density at radius 2 is 1.51 bits per heavy atom. The van der Waals surface area contributed by atoms with Gasteiger partial charge in [-0.15, -0.1) is 0 Å². The molecule has 1 amide bonds.